The van der Waals surface area contributed by atoms with Crippen LogP contribution in [0.5, 0.6) is 0 Å². The average Bonchev–Trinajstić information content (AvgIpc) is 3.13. The molecule has 0 radical (unpaired) electrons. The summed E-state index contributed by atoms with van der Waals surface area (Å²) in [6, 6.07) is 0.134. The van der Waals surface area contributed by atoms with Crippen molar-refractivity contribution >= 4 is 11.6 Å². The van der Waals surface area contributed by atoms with E-state index in [4.69, 9.17) is 19.9 Å². The van der Waals surface area contributed by atoms with Crippen molar-refractivity contribution in [2.75, 3.05) is 18.9 Å². The number of anilines is 1. The molecule has 3 aliphatic rings. The molecule has 0 aromatic carbocycles. The molecule has 1 aromatic heterocycles. The van der Waals surface area contributed by atoms with Crippen molar-refractivity contribution in [3.8, 4) is 0 Å². The highest BCUT2D eigenvalue weighted by molar-refractivity contribution is 5.97. The Labute approximate surface area is 166 Å². The van der Waals surface area contributed by atoms with E-state index in [2.05, 4.69) is 10.4 Å². The minimum atomic E-state index is -0.202. The predicted molar refractivity (Wildman–Crippen MR) is 104 cm³/mol. The molecule has 3 heterocycles. The Bertz CT molecular complexity index is 645. The number of rotatable bonds is 5. The first-order chi connectivity index (χ1) is 13.7. The molecule has 1 amide bonds. The number of aromatic nitrogens is 2. The highest BCUT2D eigenvalue weighted by atomic mass is 16.7. The van der Waals surface area contributed by atoms with Gasteiger partial charge in [-0.3, -0.25) is 4.79 Å². The lowest BCUT2D eigenvalue weighted by molar-refractivity contribution is -0.193. The Morgan fingerprint density at radius 3 is 2.50 bits per heavy atom. The number of amides is 1. The Kier molecular flexibility index (Phi) is 6.49. The number of hydrogen-bond donors (Lipinski definition) is 2. The van der Waals surface area contributed by atoms with Gasteiger partial charge in [0.25, 0.3) is 5.91 Å². The fourth-order valence-corrected chi connectivity index (χ4v) is 4.29. The van der Waals surface area contributed by atoms with Crippen LogP contribution in [0.4, 0.5) is 5.69 Å². The van der Waals surface area contributed by atoms with Crippen molar-refractivity contribution in [2.45, 2.75) is 88.9 Å². The van der Waals surface area contributed by atoms with Gasteiger partial charge in [-0.1, -0.05) is 0 Å². The van der Waals surface area contributed by atoms with Crippen molar-refractivity contribution in [1.29, 1.82) is 0 Å². The third kappa shape index (κ3) is 4.85. The molecule has 4 rings (SSSR count). The molecule has 8 heteroatoms. The zero-order valence-electron chi connectivity index (χ0n) is 16.5. The number of nitrogens with one attached hydrogen (secondary N) is 1. The van der Waals surface area contributed by atoms with Crippen LogP contribution in [0.3, 0.4) is 0 Å². The summed E-state index contributed by atoms with van der Waals surface area (Å²) in [6.07, 6.45) is 11.8. The molecule has 3 fully saturated rings. The zero-order valence-corrected chi connectivity index (χ0v) is 16.5. The number of hydrogen-bond acceptors (Lipinski definition) is 6. The van der Waals surface area contributed by atoms with Crippen LogP contribution < -0.4 is 11.1 Å². The Morgan fingerprint density at radius 1 is 1.07 bits per heavy atom. The maximum atomic E-state index is 12.7. The second-order valence-electron chi connectivity index (χ2n) is 8.11. The van der Waals surface area contributed by atoms with Gasteiger partial charge in [0.05, 0.1) is 18.0 Å². The maximum absolute atomic E-state index is 12.7. The van der Waals surface area contributed by atoms with Crippen LogP contribution in [0, 0.1) is 0 Å². The van der Waals surface area contributed by atoms with E-state index < -0.39 is 0 Å². The van der Waals surface area contributed by atoms with Crippen molar-refractivity contribution in [3.05, 3.63) is 11.9 Å². The molecule has 2 saturated heterocycles. The lowest BCUT2D eigenvalue weighted by Gasteiger charge is -2.32. The fraction of sp³-hybridized carbons (Fsp3) is 0.800. The fourth-order valence-electron chi connectivity index (χ4n) is 4.29. The summed E-state index contributed by atoms with van der Waals surface area (Å²) in [5, 5.41) is 7.50. The van der Waals surface area contributed by atoms with Gasteiger partial charge in [0.2, 0.25) is 0 Å². The highest BCUT2D eigenvalue weighted by Gasteiger charge is 2.28. The monoisotopic (exact) mass is 392 g/mol. The summed E-state index contributed by atoms with van der Waals surface area (Å²) in [5.74, 6) is -0.202. The number of carbonyl (C=O) groups excluding carboxylic acids is 1. The standard InChI is InChI=1S/C20H32N4O4/c21-16-13-24(17-5-1-3-11-26-17)23-19(16)20(25)22-14-7-9-15(10-8-14)28-18-6-2-4-12-27-18/h13-15,17-18H,1-12,21H2,(H,22,25)/t14?,15?,17-,18-/m1/s1. The SMILES string of the molecule is Nc1cn([C@H]2CCCCO2)nc1C(=O)NC1CCC(O[C@@H]2CCCCO2)CC1. The van der Waals surface area contributed by atoms with E-state index in [1.165, 1.54) is 6.42 Å². The molecule has 8 nitrogen and oxygen atoms in total. The first-order valence-corrected chi connectivity index (χ1v) is 10.7. The maximum Gasteiger partial charge on any atom is 0.274 e. The molecule has 28 heavy (non-hydrogen) atoms. The molecule has 3 N–H and O–H groups in total. The van der Waals surface area contributed by atoms with E-state index >= 15 is 0 Å². The van der Waals surface area contributed by atoms with E-state index in [0.29, 0.717) is 11.4 Å². The van der Waals surface area contributed by atoms with Gasteiger partial charge in [0.15, 0.2) is 12.0 Å². The summed E-state index contributed by atoms with van der Waals surface area (Å²) < 4.78 is 19.2. The minimum absolute atomic E-state index is 0.0457. The molecular weight excluding hydrogens is 360 g/mol. The summed E-state index contributed by atoms with van der Waals surface area (Å²) in [4.78, 5) is 12.7. The van der Waals surface area contributed by atoms with Gasteiger partial charge in [0.1, 0.15) is 6.23 Å². The molecule has 1 aliphatic carbocycles. The third-order valence-electron chi connectivity index (χ3n) is 5.92. The van der Waals surface area contributed by atoms with Crippen LogP contribution in [0.2, 0.25) is 0 Å². The first kappa shape index (κ1) is 19.7. The van der Waals surface area contributed by atoms with Crippen molar-refractivity contribution in [3.63, 3.8) is 0 Å². The van der Waals surface area contributed by atoms with Crippen LogP contribution in [0.1, 0.15) is 80.9 Å². The number of ether oxygens (including phenoxy) is 3. The van der Waals surface area contributed by atoms with Crippen LogP contribution in [-0.2, 0) is 14.2 Å². The number of nitrogen functional groups attached to an aromatic ring is 1. The largest absolute Gasteiger partial charge is 0.396 e. The molecular formula is C20H32N4O4. The number of nitrogens with two attached hydrogens (primary N) is 1. The van der Waals surface area contributed by atoms with Gasteiger partial charge in [0, 0.05) is 19.3 Å². The van der Waals surface area contributed by atoms with Crippen molar-refractivity contribution < 1.29 is 19.0 Å². The van der Waals surface area contributed by atoms with Crippen LogP contribution in [0.15, 0.2) is 6.20 Å². The zero-order chi connectivity index (χ0) is 19.3. The topological polar surface area (TPSA) is 101 Å². The Balaban J connectivity index is 1.26. The number of nitrogens with zero attached hydrogens (tertiary/aromatic N) is 2. The smallest absolute Gasteiger partial charge is 0.274 e. The Hall–Kier alpha value is -1.64. The van der Waals surface area contributed by atoms with Crippen LogP contribution in [0.25, 0.3) is 0 Å². The second kappa shape index (κ2) is 9.24. The predicted octanol–water partition coefficient (Wildman–Crippen LogP) is 2.75. The van der Waals surface area contributed by atoms with Gasteiger partial charge < -0.3 is 25.3 Å². The minimum Gasteiger partial charge on any atom is -0.396 e. The summed E-state index contributed by atoms with van der Waals surface area (Å²) in [5.41, 5.74) is 6.74. The molecule has 0 unspecified atom stereocenters. The van der Waals surface area contributed by atoms with Gasteiger partial charge in [-0.05, 0) is 64.2 Å². The summed E-state index contributed by atoms with van der Waals surface area (Å²) >= 11 is 0. The van der Waals surface area contributed by atoms with E-state index in [9.17, 15) is 4.79 Å². The molecule has 2 atom stereocenters. The van der Waals surface area contributed by atoms with Crippen molar-refractivity contribution in [1.82, 2.24) is 15.1 Å². The Morgan fingerprint density at radius 2 is 1.82 bits per heavy atom. The summed E-state index contributed by atoms with van der Waals surface area (Å²) in [6.45, 7) is 1.53. The first-order valence-electron chi connectivity index (χ1n) is 10.7. The van der Waals surface area contributed by atoms with Crippen LogP contribution in [-0.4, -0.2) is 47.3 Å². The number of carbonyl (C=O) groups is 1. The molecule has 2 aliphatic heterocycles. The van der Waals surface area contributed by atoms with Gasteiger partial charge in [-0.25, -0.2) is 4.68 Å². The van der Waals surface area contributed by atoms with E-state index in [-0.39, 0.29) is 30.6 Å². The second-order valence-corrected chi connectivity index (χ2v) is 8.11. The lowest BCUT2D eigenvalue weighted by Crippen LogP contribution is -2.40. The normalized spacial score (nSPS) is 31.4. The third-order valence-corrected chi connectivity index (χ3v) is 5.92. The average molecular weight is 393 g/mol. The molecule has 1 aromatic rings. The van der Waals surface area contributed by atoms with Crippen molar-refractivity contribution in [2.24, 2.45) is 0 Å². The summed E-state index contributed by atoms with van der Waals surface area (Å²) in [7, 11) is 0. The van der Waals surface area contributed by atoms with E-state index in [1.54, 1.807) is 10.9 Å². The molecule has 0 bridgehead atoms. The molecule has 0 spiro atoms. The molecule has 1 saturated carbocycles. The van der Waals surface area contributed by atoms with Crippen LogP contribution >= 0.6 is 0 Å². The van der Waals surface area contributed by atoms with E-state index in [1.807, 2.05) is 0 Å². The molecule has 156 valence electrons. The van der Waals surface area contributed by atoms with Gasteiger partial charge in [-0.15, -0.1) is 0 Å². The highest BCUT2D eigenvalue weighted by Crippen LogP contribution is 2.26. The van der Waals surface area contributed by atoms with Gasteiger partial charge >= 0.3 is 0 Å². The quantitative estimate of drug-likeness (QED) is 0.799. The van der Waals surface area contributed by atoms with Gasteiger partial charge in [-0.2, -0.15) is 5.10 Å². The van der Waals surface area contributed by atoms with E-state index in [0.717, 1.165) is 71.0 Å². The lowest BCUT2D eigenvalue weighted by atomic mass is 9.92.